The van der Waals surface area contributed by atoms with Crippen molar-refractivity contribution in [3.63, 3.8) is 0 Å². The van der Waals surface area contributed by atoms with Crippen LogP contribution in [-0.4, -0.2) is 37.1 Å². The minimum absolute atomic E-state index is 0. The molecule has 3 aromatic rings. The Hall–Kier alpha value is -3.19. The van der Waals surface area contributed by atoms with E-state index in [9.17, 15) is 9.18 Å². The highest BCUT2D eigenvalue weighted by atomic mass is 35.5. The average molecular weight is 487 g/mol. The first-order valence-electron chi connectivity index (χ1n) is 11.3. The Morgan fingerprint density at radius 2 is 2.09 bits per heavy atom. The van der Waals surface area contributed by atoms with Crippen molar-refractivity contribution in [2.45, 2.75) is 38.1 Å². The van der Waals surface area contributed by atoms with Gasteiger partial charge >= 0.3 is 0 Å². The Labute approximate surface area is 203 Å². The topological polar surface area (TPSA) is 77.9 Å². The molecule has 0 unspecified atom stereocenters. The van der Waals surface area contributed by atoms with Crippen LogP contribution in [0.4, 0.5) is 4.39 Å². The van der Waals surface area contributed by atoms with Gasteiger partial charge in [0.1, 0.15) is 6.61 Å². The lowest BCUT2D eigenvalue weighted by atomic mass is 9.90. The molecule has 34 heavy (non-hydrogen) atoms. The van der Waals surface area contributed by atoms with E-state index in [1.54, 1.807) is 7.11 Å². The number of carbonyl (C=O) groups excluding carboxylic acids is 1. The molecule has 0 spiro atoms. The van der Waals surface area contributed by atoms with Crippen LogP contribution in [0.2, 0.25) is 0 Å². The molecule has 1 fully saturated rings. The van der Waals surface area contributed by atoms with Crippen LogP contribution in [0.15, 0.2) is 46.7 Å². The molecule has 0 saturated heterocycles. The molecular weight excluding hydrogens is 459 g/mol. The van der Waals surface area contributed by atoms with Crippen molar-refractivity contribution in [3.05, 3.63) is 64.8 Å². The molecular formula is C26H28ClFN2O4. The normalized spacial score (nSPS) is 14.9. The lowest BCUT2D eigenvalue weighted by molar-refractivity contribution is 0.0999. The van der Waals surface area contributed by atoms with Gasteiger partial charge in [-0.1, -0.05) is 12.1 Å². The lowest BCUT2D eigenvalue weighted by Crippen LogP contribution is -2.42. The number of furan rings is 1. The Morgan fingerprint density at radius 1 is 1.26 bits per heavy atom. The predicted octanol–water partition coefficient (Wildman–Crippen LogP) is 5.32. The van der Waals surface area contributed by atoms with E-state index in [0.29, 0.717) is 11.6 Å². The molecule has 6 nitrogen and oxygen atoms in total. The highest BCUT2D eigenvalue weighted by molar-refractivity contribution is 5.98. The van der Waals surface area contributed by atoms with Gasteiger partial charge in [-0.25, -0.2) is 4.39 Å². The maximum atomic E-state index is 14.3. The summed E-state index contributed by atoms with van der Waals surface area (Å²) in [5.74, 6) is -0.245. The van der Waals surface area contributed by atoms with Gasteiger partial charge in [0.2, 0.25) is 5.91 Å². The van der Waals surface area contributed by atoms with Crippen LogP contribution in [0.3, 0.4) is 0 Å². The molecule has 0 radical (unpaired) electrons. The van der Waals surface area contributed by atoms with E-state index >= 15 is 0 Å². The maximum absolute atomic E-state index is 14.3. The van der Waals surface area contributed by atoms with E-state index in [-0.39, 0.29) is 30.3 Å². The van der Waals surface area contributed by atoms with Crippen molar-refractivity contribution >= 4 is 35.4 Å². The number of para-hydroxylation sites is 1. The Balaban J connectivity index is 0.00000274. The molecule has 1 aromatic heterocycles. The molecule has 1 amide bonds. The number of nitrogens with zero attached hydrogens (tertiary/aromatic N) is 1. The number of aryl methyl sites for hydroxylation is 1. The molecule has 1 aliphatic heterocycles. The summed E-state index contributed by atoms with van der Waals surface area (Å²) in [5.41, 5.74) is 9.11. The number of hydrogen-bond donors (Lipinski definition) is 1. The number of nitrogens with two attached hydrogens (primary N) is 1. The average Bonchev–Trinajstić information content (AvgIpc) is 3.20. The Bertz CT molecular complexity index is 1240. The molecule has 2 N–H and O–H groups in total. The summed E-state index contributed by atoms with van der Waals surface area (Å²) in [7, 11) is 1.64. The van der Waals surface area contributed by atoms with Gasteiger partial charge in [-0.3, -0.25) is 4.79 Å². The lowest BCUT2D eigenvalue weighted by Gasteiger charge is -2.41. The van der Waals surface area contributed by atoms with E-state index < -0.39 is 11.7 Å². The predicted molar refractivity (Wildman–Crippen MR) is 131 cm³/mol. The maximum Gasteiger partial charge on any atom is 0.249 e. The van der Waals surface area contributed by atoms with Gasteiger partial charge in [-0.2, -0.15) is 0 Å². The molecule has 2 heterocycles. The molecule has 0 bridgehead atoms. The van der Waals surface area contributed by atoms with E-state index in [1.165, 1.54) is 18.6 Å². The monoisotopic (exact) mass is 486 g/mol. The first-order valence-corrected chi connectivity index (χ1v) is 11.3. The first kappa shape index (κ1) is 24.0. The SMILES string of the molecule is COc1cccc2c(CCCN(C3=Cc4c(C(N)=O)ccc(F)c4OC3)C3CCC3)coc12.Cl. The van der Waals surface area contributed by atoms with Gasteiger partial charge in [0.25, 0.3) is 0 Å². The number of ether oxygens (including phenoxy) is 2. The van der Waals surface area contributed by atoms with Gasteiger partial charge in [-0.05, 0) is 61.9 Å². The molecule has 2 aromatic carbocycles. The third kappa shape index (κ3) is 4.32. The molecule has 1 aliphatic carbocycles. The fourth-order valence-electron chi connectivity index (χ4n) is 4.74. The van der Waals surface area contributed by atoms with Gasteiger partial charge in [0.05, 0.1) is 24.6 Å². The molecule has 180 valence electrons. The summed E-state index contributed by atoms with van der Waals surface area (Å²) >= 11 is 0. The first-order chi connectivity index (χ1) is 16.1. The molecule has 8 heteroatoms. The Kier molecular flexibility index (Phi) is 7.03. The molecule has 1 saturated carbocycles. The van der Waals surface area contributed by atoms with Crippen molar-refractivity contribution in [2.75, 3.05) is 20.3 Å². The number of primary amides is 1. The van der Waals surface area contributed by atoms with Crippen molar-refractivity contribution in [1.29, 1.82) is 0 Å². The van der Waals surface area contributed by atoms with Crippen LogP contribution in [0, 0.1) is 5.82 Å². The van der Waals surface area contributed by atoms with Crippen molar-refractivity contribution in [2.24, 2.45) is 5.73 Å². The van der Waals surface area contributed by atoms with E-state index in [2.05, 4.69) is 11.0 Å². The number of hydrogen-bond acceptors (Lipinski definition) is 5. The van der Waals surface area contributed by atoms with Crippen LogP contribution in [-0.2, 0) is 6.42 Å². The second-order valence-corrected chi connectivity index (χ2v) is 8.61. The third-order valence-corrected chi connectivity index (χ3v) is 6.68. The second kappa shape index (κ2) is 9.97. The summed E-state index contributed by atoms with van der Waals surface area (Å²) in [4.78, 5) is 14.3. The van der Waals surface area contributed by atoms with Crippen LogP contribution < -0.4 is 15.2 Å². The highest BCUT2D eigenvalue weighted by Crippen LogP contribution is 2.36. The molecule has 0 atom stereocenters. The van der Waals surface area contributed by atoms with Gasteiger partial charge in [0, 0.05) is 23.5 Å². The zero-order chi connectivity index (χ0) is 22.9. The number of fused-ring (bicyclic) bond motifs is 2. The van der Waals surface area contributed by atoms with E-state index in [1.807, 2.05) is 24.5 Å². The summed E-state index contributed by atoms with van der Waals surface area (Å²) < 4.78 is 31.2. The number of amides is 1. The van der Waals surface area contributed by atoms with Crippen LogP contribution in [0.25, 0.3) is 17.0 Å². The fraction of sp³-hybridized carbons (Fsp3) is 0.346. The number of carbonyl (C=O) groups is 1. The summed E-state index contributed by atoms with van der Waals surface area (Å²) in [6, 6.07) is 8.99. The standard InChI is InChI=1S/C26H27FN2O4.ClH/c1-31-23-9-3-8-19-16(14-32-25(19)23)5-4-12-29(17-6-2-7-17)18-13-21-20(26(28)30)10-11-22(27)24(21)33-15-18;/h3,8-11,13-14,17H,2,4-7,12,15H2,1H3,(H2,28,30);1H. The van der Waals surface area contributed by atoms with Gasteiger partial charge in [-0.15, -0.1) is 12.4 Å². The third-order valence-electron chi connectivity index (χ3n) is 6.68. The van der Waals surface area contributed by atoms with Gasteiger partial charge < -0.3 is 24.5 Å². The van der Waals surface area contributed by atoms with Gasteiger partial charge in [0.15, 0.2) is 22.9 Å². The summed E-state index contributed by atoms with van der Waals surface area (Å²) in [5, 5.41) is 1.07. The molecule has 2 aliphatic rings. The van der Waals surface area contributed by atoms with Crippen molar-refractivity contribution < 1.29 is 23.1 Å². The van der Waals surface area contributed by atoms with Crippen LogP contribution >= 0.6 is 12.4 Å². The number of methoxy groups -OCH3 is 1. The number of benzene rings is 2. The Morgan fingerprint density at radius 3 is 2.79 bits per heavy atom. The zero-order valence-electron chi connectivity index (χ0n) is 19.0. The van der Waals surface area contributed by atoms with Crippen LogP contribution in [0.1, 0.15) is 47.2 Å². The minimum Gasteiger partial charge on any atom is -0.493 e. The van der Waals surface area contributed by atoms with Crippen molar-refractivity contribution in [3.8, 4) is 11.5 Å². The smallest absolute Gasteiger partial charge is 0.249 e. The number of rotatable bonds is 8. The molecule has 5 rings (SSSR count). The largest absolute Gasteiger partial charge is 0.493 e. The summed E-state index contributed by atoms with van der Waals surface area (Å²) in [6.07, 6.45) is 8.87. The second-order valence-electron chi connectivity index (χ2n) is 8.61. The fourth-order valence-corrected chi connectivity index (χ4v) is 4.74. The van der Waals surface area contributed by atoms with E-state index in [4.69, 9.17) is 19.6 Å². The van der Waals surface area contributed by atoms with E-state index in [0.717, 1.165) is 60.2 Å². The quantitative estimate of drug-likeness (QED) is 0.466. The zero-order valence-corrected chi connectivity index (χ0v) is 19.8. The highest BCUT2D eigenvalue weighted by Gasteiger charge is 2.30. The summed E-state index contributed by atoms with van der Waals surface area (Å²) in [6.45, 7) is 1.10. The minimum atomic E-state index is -0.593. The van der Waals surface area contributed by atoms with Crippen LogP contribution in [0.5, 0.6) is 11.5 Å². The number of halogens is 2. The van der Waals surface area contributed by atoms with Crippen molar-refractivity contribution in [1.82, 2.24) is 4.90 Å².